The largest absolute Gasteiger partial charge is 0.495 e. The molecule has 0 bridgehead atoms. The number of hydrogen-bond donors (Lipinski definition) is 1. The maximum Gasteiger partial charge on any atom is 0.271 e. The predicted molar refractivity (Wildman–Crippen MR) is 171 cm³/mol. The summed E-state index contributed by atoms with van der Waals surface area (Å²) < 4.78 is 32.2. The summed E-state index contributed by atoms with van der Waals surface area (Å²) in [5.41, 5.74) is 0.713. The van der Waals surface area contributed by atoms with Crippen molar-refractivity contribution < 1.29 is 27.7 Å². The summed E-state index contributed by atoms with van der Waals surface area (Å²) >= 11 is 12.4. The van der Waals surface area contributed by atoms with Gasteiger partial charge in [-0.15, -0.1) is 0 Å². The van der Waals surface area contributed by atoms with Crippen molar-refractivity contribution in [2.75, 3.05) is 24.2 Å². The number of sulfonamides is 1. The van der Waals surface area contributed by atoms with Gasteiger partial charge in [0.05, 0.1) is 28.3 Å². The fourth-order valence-electron chi connectivity index (χ4n) is 4.41. The van der Waals surface area contributed by atoms with Crippen molar-refractivity contribution in [2.45, 2.75) is 45.3 Å². The summed E-state index contributed by atoms with van der Waals surface area (Å²) in [6.45, 7) is 2.85. The third-order valence-electron chi connectivity index (χ3n) is 6.93. The fraction of sp³-hybridized carbons (Fsp3) is 0.333. The van der Waals surface area contributed by atoms with E-state index in [4.69, 9.17) is 27.9 Å². The number of nitro benzene ring substituents is 1. The Morgan fingerprint density at radius 1 is 1.02 bits per heavy atom. The minimum absolute atomic E-state index is 0.000192. The molecule has 0 aliphatic rings. The van der Waals surface area contributed by atoms with E-state index in [9.17, 15) is 28.1 Å². The van der Waals surface area contributed by atoms with E-state index in [1.165, 1.54) is 18.1 Å². The van der Waals surface area contributed by atoms with E-state index in [0.29, 0.717) is 17.0 Å². The number of nitro groups is 1. The smallest absolute Gasteiger partial charge is 0.271 e. The first-order chi connectivity index (χ1) is 20.7. The molecule has 3 rings (SSSR count). The average molecular weight is 666 g/mol. The first-order valence-electron chi connectivity index (χ1n) is 13.6. The molecule has 44 heavy (non-hydrogen) atoms. The highest BCUT2D eigenvalue weighted by molar-refractivity contribution is 7.92. The summed E-state index contributed by atoms with van der Waals surface area (Å²) in [7, 11) is -2.91. The van der Waals surface area contributed by atoms with Crippen LogP contribution in [-0.2, 0) is 32.6 Å². The number of methoxy groups -OCH3 is 1. The molecule has 2 atom stereocenters. The molecule has 236 valence electrons. The van der Waals surface area contributed by atoms with Gasteiger partial charge < -0.3 is 15.0 Å². The van der Waals surface area contributed by atoms with E-state index in [-0.39, 0.29) is 35.5 Å². The second-order valence-electron chi connectivity index (χ2n) is 10.2. The summed E-state index contributed by atoms with van der Waals surface area (Å²) in [6.07, 6.45) is 1.63. The van der Waals surface area contributed by atoms with Gasteiger partial charge in [0.15, 0.2) is 0 Å². The van der Waals surface area contributed by atoms with Crippen LogP contribution in [-0.4, -0.2) is 62.0 Å². The SMILES string of the molecule is CC[C@H](C)NC(=O)[C@@H](Cc1ccccc1)N(Cc1ccc(Cl)c(Cl)c1)C(=O)CN(c1cc([N+](=O)[O-])ccc1OC)S(C)(=O)=O. The van der Waals surface area contributed by atoms with E-state index in [2.05, 4.69) is 5.32 Å². The molecule has 3 aromatic carbocycles. The maximum absolute atomic E-state index is 14.2. The number of anilines is 1. The van der Waals surface area contributed by atoms with Gasteiger partial charge in [-0.3, -0.25) is 24.0 Å². The van der Waals surface area contributed by atoms with E-state index in [1.807, 2.05) is 44.2 Å². The molecule has 0 aliphatic carbocycles. The van der Waals surface area contributed by atoms with Gasteiger partial charge in [0.1, 0.15) is 24.0 Å². The number of hydrogen-bond acceptors (Lipinski definition) is 7. The number of carbonyl (C=O) groups excluding carboxylic acids is 2. The van der Waals surface area contributed by atoms with E-state index < -0.39 is 45.0 Å². The summed E-state index contributed by atoms with van der Waals surface area (Å²) in [5, 5.41) is 15.0. The molecule has 1 N–H and O–H groups in total. The number of benzene rings is 3. The van der Waals surface area contributed by atoms with Gasteiger partial charge >= 0.3 is 0 Å². The number of nitrogens with zero attached hydrogens (tertiary/aromatic N) is 3. The van der Waals surface area contributed by atoms with Crippen LogP contribution in [0.25, 0.3) is 0 Å². The van der Waals surface area contributed by atoms with E-state index in [0.717, 1.165) is 28.3 Å². The zero-order chi connectivity index (χ0) is 32.6. The number of nitrogens with one attached hydrogen (secondary N) is 1. The molecule has 0 heterocycles. The molecule has 14 heteroatoms. The zero-order valence-electron chi connectivity index (χ0n) is 24.7. The number of carbonyl (C=O) groups is 2. The summed E-state index contributed by atoms with van der Waals surface area (Å²) in [4.78, 5) is 40.1. The molecule has 0 fully saturated rings. The average Bonchev–Trinajstić information content (AvgIpc) is 2.98. The lowest BCUT2D eigenvalue weighted by atomic mass is 10.0. The van der Waals surface area contributed by atoms with Crippen LogP contribution in [0, 0.1) is 10.1 Å². The number of amides is 2. The second-order valence-corrected chi connectivity index (χ2v) is 12.9. The lowest BCUT2D eigenvalue weighted by Gasteiger charge is -2.34. The number of rotatable bonds is 14. The highest BCUT2D eigenvalue weighted by Crippen LogP contribution is 2.34. The van der Waals surface area contributed by atoms with Crippen LogP contribution in [0.5, 0.6) is 5.75 Å². The quantitative estimate of drug-likeness (QED) is 0.184. The van der Waals surface area contributed by atoms with E-state index in [1.54, 1.807) is 18.2 Å². The minimum Gasteiger partial charge on any atom is -0.495 e. The molecular formula is C30H34Cl2N4O7S. The van der Waals surface area contributed by atoms with Crippen LogP contribution in [0.4, 0.5) is 11.4 Å². The fourth-order valence-corrected chi connectivity index (χ4v) is 5.58. The number of halogens is 2. The van der Waals surface area contributed by atoms with Gasteiger partial charge in [0.25, 0.3) is 5.69 Å². The number of ether oxygens (including phenoxy) is 1. The van der Waals surface area contributed by atoms with Crippen molar-refractivity contribution >= 4 is 56.4 Å². The van der Waals surface area contributed by atoms with Crippen molar-refractivity contribution in [3.05, 3.63) is 98.0 Å². The Kier molecular flexibility index (Phi) is 12.0. The third kappa shape index (κ3) is 9.07. The van der Waals surface area contributed by atoms with Gasteiger partial charge in [0.2, 0.25) is 21.8 Å². The Labute approximate surface area is 266 Å². The molecule has 2 amide bonds. The first-order valence-corrected chi connectivity index (χ1v) is 16.2. The highest BCUT2D eigenvalue weighted by Gasteiger charge is 2.34. The molecular weight excluding hydrogens is 631 g/mol. The van der Waals surface area contributed by atoms with Crippen LogP contribution in [0.3, 0.4) is 0 Å². The maximum atomic E-state index is 14.2. The molecule has 0 aliphatic heterocycles. The van der Waals surface area contributed by atoms with E-state index >= 15 is 0 Å². The Morgan fingerprint density at radius 3 is 2.27 bits per heavy atom. The molecule has 0 saturated carbocycles. The summed E-state index contributed by atoms with van der Waals surface area (Å²) in [6, 6.07) is 16.0. The van der Waals surface area contributed by atoms with Gasteiger partial charge in [-0.25, -0.2) is 8.42 Å². The van der Waals surface area contributed by atoms with Crippen LogP contribution in [0.2, 0.25) is 10.0 Å². The normalized spacial score (nSPS) is 12.6. The monoisotopic (exact) mass is 664 g/mol. The number of non-ortho nitro benzene ring substituents is 1. The Morgan fingerprint density at radius 2 is 1.70 bits per heavy atom. The van der Waals surface area contributed by atoms with Crippen molar-refractivity contribution in [3.8, 4) is 5.75 Å². The molecule has 0 spiro atoms. The standard InChI is InChI=1S/C30H34Cl2N4O7S/c1-5-20(2)33-30(38)27(16-21-9-7-6-8-10-21)34(18-22-11-13-24(31)25(32)15-22)29(37)19-35(44(4,41)42)26-17-23(36(39)40)12-14-28(26)43-3/h6-15,17,20,27H,5,16,18-19H2,1-4H3,(H,33,38)/t20-,27+/m0/s1. The van der Waals surface area contributed by atoms with Crippen molar-refractivity contribution in [2.24, 2.45) is 0 Å². The lowest BCUT2D eigenvalue weighted by Crippen LogP contribution is -2.54. The summed E-state index contributed by atoms with van der Waals surface area (Å²) in [5.74, 6) is -1.18. The Bertz CT molecular complexity index is 1610. The van der Waals surface area contributed by atoms with Crippen LogP contribution >= 0.6 is 23.2 Å². The topological polar surface area (TPSA) is 139 Å². The molecule has 11 nitrogen and oxygen atoms in total. The van der Waals surface area contributed by atoms with Crippen LogP contribution in [0.15, 0.2) is 66.7 Å². The molecule has 3 aromatic rings. The zero-order valence-corrected chi connectivity index (χ0v) is 27.0. The lowest BCUT2D eigenvalue weighted by molar-refractivity contribution is -0.384. The molecule has 0 unspecified atom stereocenters. The van der Waals surface area contributed by atoms with Crippen molar-refractivity contribution in [1.29, 1.82) is 0 Å². The van der Waals surface area contributed by atoms with Crippen molar-refractivity contribution in [3.63, 3.8) is 0 Å². The Hall–Kier alpha value is -3.87. The first kappa shape index (κ1) is 34.6. The van der Waals surface area contributed by atoms with Crippen molar-refractivity contribution in [1.82, 2.24) is 10.2 Å². The highest BCUT2D eigenvalue weighted by atomic mass is 35.5. The van der Waals surface area contributed by atoms with Gasteiger partial charge in [-0.1, -0.05) is 66.5 Å². The van der Waals surface area contributed by atoms with Crippen LogP contribution in [0.1, 0.15) is 31.4 Å². The molecule has 0 radical (unpaired) electrons. The van der Waals surface area contributed by atoms with Gasteiger partial charge in [-0.2, -0.15) is 0 Å². The molecule has 0 saturated heterocycles. The van der Waals surface area contributed by atoms with Crippen LogP contribution < -0.4 is 14.4 Å². The van der Waals surface area contributed by atoms with Gasteiger partial charge in [-0.05, 0) is 42.7 Å². The second kappa shape index (κ2) is 15.2. The Balaban J connectivity index is 2.15. The molecule has 0 aromatic heterocycles. The predicted octanol–water partition coefficient (Wildman–Crippen LogP) is 5.23. The third-order valence-corrected chi connectivity index (χ3v) is 8.80. The van der Waals surface area contributed by atoms with Gasteiger partial charge in [0, 0.05) is 31.1 Å². The minimum atomic E-state index is -4.19.